The molecule has 1 heterocycles. The largest absolute Gasteiger partial charge is 0.496 e. The maximum absolute atomic E-state index is 6.06. The lowest BCUT2D eigenvalue weighted by molar-refractivity contribution is 0.309. The molecule has 0 aliphatic rings. The quantitative estimate of drug-likeness (QED) is 0.525. The lowest BCUT2D eigenvalue weighted by Gasteiger charge is -2.07. The van der Waals surface area contributed by atoms with E-state index in [2.05, 4.69) is 36.2 Å². The molecule has 0 spiro atoms. The normalized spacial score (nSPS) is 10.9. The van der Waals surface area contributed by atoms with Crippen LogP contribution in [0.5, 0.6) is 11.5 Å². The van der Waals surface area contributed by atoms with Crippen molar-refractivity contribution in [2.24, 2.45) is 0 Å². The number of methoxy groups -OCH3 is 1. The molecule has 0 amide bonds. The minimum atomic E-state index is 0.522. The van der Waals surface area contributed by atoms with Crippen molar-refractivity contribution in [2.45, 2.75) is 20.0 Å². The number of hydrogen-bond acceptors (Lipinski definition) is 3. The van der Waals surface area contributed by atoms with Gasteiger partial charge >= 0.3 is 0 Å². The summed E-state index contributed by atoms with van der Waals surface area (Å²) in [4.78, 5) is 8.28. The molecule has 3 aromatic carbocycles. The Morgan fingerprint density at radius 2 is 1.67 bits per heavy atom. The number of aromatic amines is 1. The third-order valence-corrected chi connectivity index (χ3v) is 4.65. The monoisotopic (exact) mass is 358 g/mol. The number of para-hydroxylation sites is 1. The number of hydrogen-bond donors (Lipinski definition) is 1. The Balaban J connectivity index is 1.63. The molecule has 0 unspecified atom stereocenters. The van der Waals surface area contributed by atoms with E-state index in [0.29, 0.717) is 13.0 Å². The number of aromatic nitrogens is 2. The zero-order chi connectivity index (χ0) is 18.6. The van der Waals surface area contributed by atoms with Crippen molar-refractivity contribution in [1.82, 2.24) is 9.97 Å². The number of nitrogens with one attached hydrogen (secondary N) is 1. The molecule has 4 heteroatoms. The molecular formula is C23H22N2O2. The van der Waals surface area contributed by atoms with E-state index in [1.54, 1.807) is 7.11 Å². The maximum Gasteiger partial charge on any atom is 0.147 e. The number of rotatable bonds is 6. The Bertz CT molecular complexity index is 1050. The van der Waals surface area contributed by atoms with Gasteiger partial charge in [0.15, 0.2) is 0 Å². The Morgan fingerprint density at radius 1 is 0.889 bits per heavy atom. The molecule has 1 aromatic heterocycles. The summed E-state index contributed by atoms with van der Waals surface area (Å²) in [6, 6.07) is 22.2. The van der Waals surface area contributed by atoms with Gasteiger partial charge in [-0.15, -0.1) is 0 Å². The molecule has 1 N–H and O–H groups in total. The highest BCUT2D eigenvalue weighted by atomic mass is 16.5. The fourth-order valence-corrected chi connectivity index (χ4v) is 3.21. The minimum absolute atomic E-state index is 0.522. The lowest BCUT2D eigenvalue weighted by Crippen LogP contribution is -1.96. The summed E-state index contributed by atoms with van der Waals surface area (Å²) >= 11 is 0. The second-order valence-corrected chi connectivity index (χ2v) is 6.55. The number of benzene rings is 3. The van der Waals surface area contributed by atoms with Gasteiger partial charge in [0.25, 0.3) is 0 Å². The Kier molecular flexibility index (Phi) is 4.79. The fourth-order valence-electron chi connectivity index (χ4n) is 3.21. The zero-order valence-electron chi connectivity index (χ0n) is 15.5. The minimum Gasteiger partial charge on any atom is -0.496 e. The van der Waals surface area contributed by atoms with Gasteiger partial charge in [0.1, 0.15) is 29.4 Å². The third kappa shape index (κ3) is 3.65. The standard InChI is InChI=1S/C23H22N2O2/c1-16-12-13-20(27-15-17-8-4-3-5-9-17)23-22(16)24-21(25-23)14-18-10-6-7-11-19(18)26-2/h3-13H,14-15H2,1-2H3,(H,24,25). The van der Waals surface area contributed by atoms with E-state index >= 15 is 0 Å². The first-order valence-corrected chi connectivity index (χ1v) is 9.01. The second-order valence-electron chi connectivity index (χ2n) is 6.55. The molecule has 4 nitrogen and oxygen atoms in total. The summed E-state index contributed by atoms with van der Waals surface area (Å²) in [5.41, 5.74) is 5.27. The summed E-state index contributed by atoms with van der Waals surface area (Å²) in [6.45, 7) is 2.60. The van der Waals surface area contributed by atoms with E-state index in [0.717, 1.165) is 45.0 Å². The summed E-state index contributed by atoms with van der Waals surface area (Å²) in [5, 5.41) is 0. The van der Waals surface area contributed by atoms with Gasteiger partial charge in [-0.05, 0) is 30.2 Å². The van der Waals surface area contributed by atoms with Crippen LogP contribution in [0.4, 0.5) is 0 Å². The first-order chi connectivity index (χ1) is 13.2. The Labute approximate surface area is 158 Å². The van der Waals surface area contributed by atoms with Crippen LogP contribution in [0.15, 0.2) is 66.7 Å². The highest BCUT2D eigenvalue weighted by Crippen LogP contribution is 2.29. The fraction of sp³-hybridized carbons (Fsp3) is 0.174. The molecule has 4 aromatic rings. The van der Waals surface area contributed by atoms with Crippen molar-refractivity contribution < 1.29 is 9.47 Å². The smallest absolute Gasteiger partial charge is 0.147 e. The summed E-state index contributed by atoms with van der Waals surface area (Å²) in [5.74, 6) is 2.56. The molecule has 0 aliphatic carbocycles. The highest BCUT2D eigenvalue weighted by molar-refractivity contribution is 5.84. The average Bonchev–Trinajstić information content (AvgIpc) is 3.13. The molecule has 0 aliphatic heterocycles. The van der Waals surface area contributed by atoms with Gasteiger partial charge < -0.3 is 14.5 Å². The maximum atomic E-state index is 6.06. The number of ether oxygens (including phenoxy) is 2. The molecule has 4 rings (SSSR count). The Morgan fingerprint density at radius 3 is 2.48 bits per heavy atom. The van der Waals surface area contributed by atoms with Crippen molar-refractivity contribution in [2.75, 3.05) is 7.11 Å². The van der Waals surface area contributed by atoms with Crippen molar-refractivity contribution >= 4 is 11.0 Å². The van der Waals surface area contributed by atoms with Gasteiger partial charge in [0.2, 0.25) is 0 Å². The van der Waals surface area contributed by atoms with E-state index in [1.165, 1.54) is 0 Å². The van der Waals surface area contributed by atoms with E-state index in [4.69, 9.17) is 14.5 Å². The van der Waals surface area contributed by atoms with Gasteiger partial charge in [0, 0.05) is 12.0 Å². The molecule has 0 atom stereocenters. The molecule has 0 fully saturated rings. The van der Waals surface area contributed by atoms with Gasteiger partial charge in [-0.25, -0.2) is 4.98 Å². The van der Waals surface area contributed by atoms with Crippen molar-refractivity contribution in [3.63, 3.8) is 0 Å². The molecule has 136 valence electrons. The van der Waals surface area contributed by atoms with Crippen molar-refractivity contribution in [3.8, 4) is 11.5 Å². The number of imidazole rings is 1. The van der Waals surface area contributed by atoms with Crippen LogP contribution in [0.2, 0.25) is 0 Å². The van der Waals surface area contributed by atoms with Gasteiger partial charge in [-0.1, -0.05) is 54.6 Å². The molecular weight excluding hydrogens is 336 g/mol. The van der Waals surface area contributed by atoms with Gasteiger partial charge in [-0.2, -0.15) is 0 Å². The topological polar surface area (TPSA) is 47.1 Å². The summed E-state index contributed by atoms with van der Waals surface area (Å²) in [7, 11) is 1.69. The van der Waals surface area contributed by atoms with Crippen LogP contribution < -0.4 is 9.47 Å². The molecule has 0 saturated carbocycles. The molecule has 27 heavy (non-hydrogen) atoms. The zero-order valence-corrected chi connectivity index (χ0v) is 15.5. The van der Waals surface area contributed by atoms with Gasteiger partial charge in [-0.3, -0.25) is 0 Å². The van der Waals surface area contributed by atoms with Crippen LogP contribution in [0.3, 0.4) is 0 Å². The summed E-state index contributed by atoms with van der Waals surface area (Å²) < 4.78 is 11.5. The molecule has 0 bridgehead atoms. The van der Waals surface area contributed by atoms with Crippen molar-refractivity contribution in [1.29, 1.82) is 0 Å². The summed E-state index contributed by atoms with van der Waals surface area (Å²) in [6.07, 6.45) is 0.677. The van der Waals surface area contributed by atoms with Crippen LogP contribution in [0.1, 0.15) is 22.5 Å². The van der Waals surface area contributed by atoms with Crippen LogP contribution in [0, 0.1) is 6.92 Å². The van der Waals surface area contributed by atoms with E-state index in [-0.39, 0.29) is 0 Å². The number of nitrogens with zero attached hydrogens (tertiary/aromatic N) is 1. The van der Waals surface area contributed by atoms with Crippen molar-refractivity contribution in [3.05, 3.63) is 89.2 Å². The van der Waals surface area contributed by atoms with Gasteiger partial charge in [0.05, 0.1) is 12.6 Å². The first-order valence-electron chi connectivity index (χ1n) is 9.01. The van der Waals surface area contributed by atoms with Crippen LogP contribution in [-0.2, 0) is 13.0 Å². The lowest BCUT2D eigenvalue weighted by atomic mass is 10.1. The Hall–Kier alpha value is -3.27. The molecule has 0 radical (unpaired) electrons. The third-order valence-electron chi connectivity index (χ3n) is 4.65. The molecule has 0 saturated heterocycles. The SMILES string of the molecule is COc1ccccc1Cc1nc2c(OCc3ccccc3)ccc(C)c2[nH]1. The highest BCUT2D eigenvalue weighted by Gasteiger charge is 2.13. The van der Waals surface area contributed by atoms with E-state index in [9.17, 15) is 0 Å². The van der Waals surface area contributed by atoms with Crippen LogP contribution >= 0.6 is 0 Å². The number of H-pyrrole nitrogens is 1. The predicted molar refractivity (Wildman–Crippen MR) is 107 cm³/mol. The number of fused-ring (bicyclic) bond motifs is 1. The van der Waals surface area contributed by atoms with E-state index in [1.807, 2.05) is 42.5 Å². The van der Waals surface area contributed by atoms with Crippen LogP contribution in [-0.4, -0.2) is 17.1 Å². The second kappa shape index (κ2) is 7.54. The van der Waals surface area contributed by atoms with E-state index < -0.39 is 0 Å². The number of aryl methyl sites for hydroxylation is 1. The first kappa shape index (κ1) is 17.2. The predicted octanol–water partition coefficient (Wildman–Crippen LogP) is 5.05. The van der Waals surface area contributed by atoms with Crippen LogP contribution in [0.25, 0.3) is 11.0 Å². The average molecular weight is 358 g/mol.